The molecule has 2 aromatic rings. The summed E-state index contributed by atoms with van der Waals surface area (Å²) < 4.78 is 27.6. The topological polar surface area (TPSA) is 75.3 Å². The molecule has 1 atom stereocenters. The zero-order valence-electron chi connectivity index (χ0n) is 14.7. The van der Waals surface area contributed by atoms with Crippen LogP contribution in [-0.4, -0.2) is 20.4 Å². The molecule has 2 N–H and O–H groups in total. The molecular weight excluding hydrogens is 336 g/mol. The normalized spacial score (nSPS) is 12.4. The van der Waals surface area contributed by atoms with E-state index in [2.05, 4.69) is 10.0 Å². The summed E-state index contributed by atoms with van der Waals surface area (Å²) in [6.07, 6.45) is 1.84. The first-order valence-electron chi connectivity index (χ1n) is 8.32. The fourth-order valence-electron chi connectivity index (χ4n) is 2.45. The first kappa shape index (κ1) is 19.0. The predicted octanol–water partition coefficient (Wildman–Crippen LogP) is 3.71. The third-order valence-electron chi connectivity index (χ3n) is 3.81. The van der Waals surface area contributed by atoms with Gasteiger partial charge in [0.2, 0.25) is 0 Å². The standard InChI is InChI=1S/C19H24N2O3S/c1-4-6-15(3)20-19(22)16-7-5-8-18(13-16)25(23,24)21-17-11-9-14(2)10-12-17/h5,7-13,15,21H,4,6H2,1-3H3,(H,20,22). The molecule has 134 valence electrons. The van der Waals surface area contributed by atoms with Crippen molar-refractivity contribution in [2.75, 3.05) is 4.72 Å². The Morgan fingerprint density at radius 1 is 1.12 bits per heavy atom. The zero-order valence-corrected chi connectivity index (χ0v) is 15.6. The number of aryl methyl sites for hydroxylation is 1. The lowest BCUT2D eigenvalue weighted by molar-refractivity contribution is 0.0938. The van der Waals surface area contributed by atoms with E-state index in [1.165, 1.54) is 12.1 Å². The lowest BCUT2D eigenvalue weighted by Crippen LogP contribution is -2.32. The molecular formula is C19H24N2O3S. The van der Waals surface area contributed by atoms with Gasteiger partial charge in [0.15, 0.2) is 0 Å². The van der Waals surface area contributed by atoms with Crippen LogP contribution in [0.2, 0.25) is 0 Å². The minimum Gasteiger partial charge on any atom is -0.350 e. The summed E-state index contributed by atoms with van der Waals surface area (Å²) >= 11 is 0. The lowest BCUT2D eigenvalue weighted by Gasteiger charge is -2.13. The Hall–Kier alpha value is -2.34. The Bertz CT molecular complexity index is 830. The van der Waals surface area contributed by atoms with Crippen molar-refractivity contribution in [1.82, 2.24) is 5.32 Å². The van der Waals surface area contributed by atoms with Crippen LogP contribution < -0.4 is 10.0 Å². The fourth-order valence-corrected chi connectivity index (χ4v) is 3.56. The molecule has 1 amide bonds. The summed E-state index contributed by atoms with van der Waals surface area (Å²) in [5.41, 5.74) is 1.86. The van der Waals surface area contributed by atoms with Gasteiger partial charge in [-0.2, -0.15) is 0 Å². The van der Waals surface area contributed by atoms with Gasteiger partial charge in [0.1, 0.15) is 0 Å². The van der Waals surface area contributed by atoms with Crippen LogP contribution in [-0.2, 0) is 10.0 Å². The maximum atomic E-state index is 12.5. The van der Waals surface area contributed by atoms with Gasteiger partial charge in [-0.1, -0.05) is 37.1 Å². The number of carbonyl (C=O) groups excluding carboxylic acids is 1. The molecule has 2 aromatic carbocycles. The van der Waals surface area contributed by atoms with Crippen molar-refractivity contribution in [3.63, 3.8) is 0 Å². The third kappa shape index (κ3) is 5.32. The average Bonchev–Trinajstić information content (AvgIpc) is 2.57. The second-order valence-electron chi connectivity index (χ2n) is 6.16. The number of hydrogen-bond acceptors (Lipinski definition) is 3. The third-order valence-corrected chi connectivity index (χ3v) is 5.19. The van der Waals surface area contributed by atoms with Crippen molar-refractivity contribution in [3.8, 4) is 0 Å². The molecule has 25 heavy (non-hydrogen) atoms. The number of anilines is 1. The smallest absolute Gasteiger partial charge is 0.261 e. The van der Waals surface area contributed by atoms with Gasteiger partial charge in [0.05, 0.1) is 4.90 Å². The zero-order chi connectivity index (χ0) is 18.4. The second kappa shape index (κ2) is 8.16. The van der Waals surface area contributed by atoms with Crippen molar-refractivity contribution in [2.24, 2.45) is 0 Å². The summed E-state index contributed by atoms with van der Waals surface area (Å²) in [4.78, 5) is 12.3. The number of nitrogens with one attached hydrogen (secondary N) is 2. The summed E-state index contributed by atoms with van der Waals surface area (Å²) in [6, 6.07) is 13.2. The highest BCUT2D eigenvalue weighted by molar-refractivity contribution is 7.92. The van der Waals surface area contributed by atoms with Gasteiger partial charge in [0.25, 0.3) is 15.9 Å². The van der Waals surface area contributed by atoms with Gasteiger partial charge in [0, 0.05) is 17.3 Å². The van der Waals surface area contributed by atoms with Crippen LogP contribution >= 0.6 is 0 Å². The Labute approximate surface area is 149 Å². The fraction of sp³-hybridized carbons (Fsp3) is 0.316. The van der Waals surface area contributed by atoms with E-state index in [0.717, 1.165) is 18.4 Å². The molecule has 2 rings (SSSR count). The minimum absolute atomic E-state index is 0.0449. The SMILES string of the molecule is CCCC(C)NC(=O)c1cccc(S(=O)(=O)Nc2ccc(C)cc2)c1. The van der Waals surface area contributed by atoms with Crippen LogP contribution in [0.3, 0.4) is 0 Å². The second-order valence-corrected chi connectivity index (χ2v) is 7.84. The van der Waals surface area contributed by atoms with E-state index in [0.29, 0.717) is 11.3 Å². The van der Waals surface area contributed by atoms with Crippen molar-refractivity contribution >= 4 is 21.6 Å². The highest BCUT2D eigenvalue weighted by atomic mass is 32.2. The molecule has 0 fully saturated rings. The molecule has 0 aliphatic heterocycles. The summed E-state index contributed by atoms with van der Waals surface area (Å²) in [6.45, 7) is 5.91. The molecule has 0 aromatic heterocycles. The first-order valence-corrected chi connectivity index (χ1v) is 9.80. The van der Waals surface area contributed by atoms with Crippen molar-refractivity contribution < 1.29 is 13.2 Å². The number of amides is 1. The van der Waals surface area contributed by atoms with Gasteiger partial charge in [-0.3, -0.25) is 9.52 Å². The van der Waals surface area contributed by atoms with Gasteiger partial charge in [-0.05, 0) is 50.6 Å². The molecule has 0 spiro atoms. The molecule has 6 heteroatoms. The summed E-state index contributed by atoms with van der Waals surface area (Å²) in [5.74, 6) is -0.270. The number of carbonyl (C=O) groups is 1. The Balaban J connectivity index is 2.18. The van der Waals surface area contributed by atoms with E-state index in [1.54, 1.807) is 24.3 Å². The van der Waals surface area contributed by atoms with Crippen LogP contribution in [0.25, 0.3) is 0 Å². The molecule has 0 heterocycles. The first-order chi connectivity index (χ1) is 11.8. The van der Waals surface area contributed by atoms with Gasteiger partial charge in [-0.25, -0.2) is 8.42 Å². The maximum absolute atomic E-state index is 12.5. The molecule has 0 saturated heterocycles. The monoisotopic (exact) mass is 360 g/mol. The van der Waals surface area contributed by atoms with E-state index in [-0.39, 0.29) is 16.8 Å². The molecule has 0 aliphatic rings. The molecule has 5 nitrogen and oxygen atoms in total. The van der Waals surface area contributed by atoms with E-state index in [9.17, 15) is 13.2 Å². The van der Waals surface area contributed by atoms with Crippen LogP contribution in [0.4, 0.5) is 5.69 Å². The molecule has 1 unspecified atom stereocenters. The highest BCUT2D eigenvalue weighted by Gasteiger charge is 2.17. The van der Waals surface area contributed by atoms with Crippen molar-refractivity contribution in [1.29, 1.82) is 0 Å². The number of benzene rings is 2. The Morgan fingerprint density at radius 3 is 2.44 bits per heavy atom. The van der Waals surface area contributed by atoms with E-state index in [1.807, 2.05) is 32.9 Å². The summed E-state index contributed by atoms with van der Waals surface area (Å²) in [7, 11) is -3.75. The van der Waals surface area contributed by atoms with Crippen LogP contribution in [0.5, 0.6) is 0 Å². The van der Waals surface area contributed by atoms with E-state index < -0.39 is 10.0 Å². The maximum Gasteiger partial charge on any atom is 0.261 e. The number of rotatable bonds is 7. The number of hydrogen-bond donors (Lipinski definition) is 2. The van der Waals surface area contributed by atoms with Crippen LogP contribution in [0, 0.1) is 6.92 Å². The van der Waals surface area contributed by atoms with Gasteiger partial charge in [-0.15, -0.1) is 0 Å². The van der Waals surface area contributed by atoms with E-state index in [4.69, 9.17) is 0 Å². The largest absolute Gasteiger partial charge is 0.350 e. The van der Waals surface area contributed by atoms with Gasteiger partial charge < -0.3 is 5.32 Å². The molecule has 0 radical (unpaired) electrons. The molecule has 0 saturated carbocycles. The molecule has 0 bridgehead atoms. The lowest BCUT2D eigenvalue weighted by atomic mass is 10.1. The number of sulfonamides is 1. The Kier molecular flexibility index (Phi) is 6.20. The van der Waals surface area contributed by atoms with Crippen LogP contribution in [0.1, 0.15) is 42.6 Å². The van der Waals surface area contributed by atoms with Crippen molar-refractivity contribution in [3.05, 3.63) is 59.7 Å². The van der Waals surface area contributed by atoms with Crippen molar-refractivity contribution in [2.45, 2.75) is 44.6 Å². The quantitative estimate of drug-likeness (QED) is 0.790. The molecule has 0 aliphatic carbocycles. The Morgan fingerprint density at radius 2 is 1.80 bits per heavy atom. The average molecular weight is 360 g/mol. The highest BCUT2D eigenvalue weighted by Crippen LogP contribution is 2.18. The predicted molar refractivity (Wildman–Crippen MR) is 100 cm³/mol. The van der Waals surface area contributed by atoms with Gasteiger partial charge >= 0.3 is 0 Å². The van der Waals surface area contributed by atoms with E-state index >= 15 is 0 Å². The minimum atomic E-state index is -3.75. The summed E-state index contributed by atoms with van der Waals surface area (Å²) in [5, 5.41) is 2.88. The van der Waals surface area contributed by atoms with Crippen LogP contribution in [0.15, 0.2) is 53.4 Å².